The van der Waals surface area contributed by atoms with Crippen molar-refractivity contribution in [3.63, 3.8) is 0 Å². The van der Waals surface area contributed by atoms with E-state index in [1.807, 2.05) is 44.4 Å². The fourth-order valence-corrected chi connectivity index (χ4v) is 1.37. The van der Waals surface area contributed by atoms with Crippen LogP contribution in [0.4, 0.5) is 4.79 Å². The maximum atomic E-state index is 11.3. The van der Waals surface area contributed by atoms with Gasteiger partial charge in [-0.2, -0.15) is 0 Å². The molecule has 0 heterocycles. The highest BCUT2D eigenvalue weighted by Gasteiger charge is 2.02. The SMILES string of the molecule is C[NH+](C)CCNC(=O)OCCc1ccccc1.O=P([O-])(O)O. The van der Waals surface area contributed by atoms with Crippen molar-refractivity contribution < 1.29 is 33.7 Å². The highest BCUT2D eigenvalue weighted by atomic mass is 31.2. The topological polar surface area (TPSA) is 123 Å². The van der Waals surface area contributed by atoms with Gasteiger partial charge in [-0.3, -0.25) is 4.57 Å². The molecule has 0 radical (unpaired) electrons. The van der Waals surface area contributed by atoms with Crippen LogP contribution in [-0.2, 0) is 15.7 Å². The summed E-state index contributed by atoms with van der Waals surface area (Å²) < 4.78 is 13.8. The number of amides is 1. The number of hydrogen-bond acceptors (Lipinski definition) is 4. The van der Waals surface area contributed by atoms with Crippen molar-refractivity contribution in [3.05, 3.63) is 35.9 Å². The first-order valence-electron chi connectivity index (χ1n) is 6.68. The molecule has 0 aliphatic heterocycles. The Labute approximate surface area is 130 Å². The minimum absolute atomic E-state index is 0.331. The fourth-order valence-electron chi connectivity index (χ4n) is 1.37. The Morgan fingerprint density at radius 1 is 1.32 bits per heavy atom. The smallest absolute Gasteiger partial charge is 0.407 e. The van der Waals surface area contributed by atoms with E-state index in [-0.39, 0.29) is 6.09 Å². The van der Waals surface area contributed by atoms with E-state index in [2.05, 4.69) is 5.32 Å². The van der Waals surface area contributed by atoms with Gasteiger partial charge in [-0.1, -0.05) is 30.3 Å². The average Bonchev–Trinajstić information content (AvgIpc) is 2.37. The summed E-state index contributed by atoms with van der Waals surface area (Å²) in [6, 6.07) is 9.98. The van der Waals surface area contributed by atoms with E-state index < -0.39 is 7.82 Å². The Morgan fingerprint density at radius 3 is 2.36 bits per heavy atom. The van der Waals surface area contributed by atoms with Crippen molar-refractivity contribution in [2.24, 2.45) is 0 Å². The largest absolute Gasteiger partial charge is 0.756 e. The summed E-state index contributed by atoms with van der Waals surface area (Å²) in [6.07, 6.45) is 0.426. The number of phosphoric acid groups is 1. The maximum absolute atomic E-state index is 11.3. The van der Waals surface area contributed by atoms with Crippen molar-refractivity contribution in [1.82, 2.24) is 5.32 Å². The van der Waals surface area contributed by atoms with Crippen molar-refractivity contribution in [3.8, 4) is 0 Å². The number of quaternary nitrogens is 1. The van der Waals surface area contributed by atoms with E-state index in [4.69, 9.17) is 24.0 Å². The molecule has 0 aliphatic carbocycles. The second kappa shape index (κ2) is 11.2. The van der Waals surface area contributed by atoms with Gasteiger partial charge in [0.2, 0.25) is 0 Å². The predicted octanol–water partition coefficient (Wildman–Crippen LogP) is -1.46. The van der Waals surface area contributed by atoms with Crippen LogP contribution in [0.1, 0.15) is 5.56 Å². The van der Waals surface area contributed by atoms with Crippen LogP contribution in [0.25, 0.3) is 0 Å². The first-order chi connectivity index (χ1) is 10.2. The molecule has 22 heavy (non-hydrogen) atoms. The average molecular weight is 334 g/mol. The number of hydrogen-bond donors (Lipinski definition) is 4. The molecule has 0 atom stereocenters. The molecular weight excluding hydrogens is 311 g/mol. The molecule has 1 rings (SSSR count). The molecule has 0 aliphatic rings. The van der Waals surface area contributed by atoms with Crippen molar-refractivity contribution in [2.45, 2.75) is 6.42 Å². The summed E-state index contributed by atoms with van der Waals surface area (Å²) in [6.45, 7) is 1.96. The minimum Gasteiger partial charge on any atom is -0.756 e. The normalized spacial score (nSPS) is 10.6. The van der Waals surface area contributed by atoms with Gasteiger partial charge in [-0.15, -0.1) is 0 Å². The van der Waals surface area contributed by atoms with Crippen LogP contribution >= 0.6 is 7.82 Å². The molecule has 0 aromatic heterocycles. The van der Waals surface area contributed by atoms with Gasteiger partial charge in [-0.25, -0.2) is 4.79 Å². The zero-order valence-corrected chi connectivity index (χ0v) is 13.6. The first kappa shape index (κ1) is 20.6. The lowest BCUT2D eigenvalue weighted by Gasteiger charge is -2.09. The summed E-state index contributed by atoms with van der Waals surface area (Å²) in [7, 11) is -0.801. The Morgan fingerprint density at radius 2 is 1.86 bits per heavy atom. The number of carbonyl (C=O) groups excluding carboxylic acids is 1. The third kappa shape index (κ3) is 16.6. The Kier molecular flexibility index (Phi) is 10.4. The highest BCUT2D eigenvalue weighted by molar-refractivity contribution is 7.43. The number of rotatable bonds is 6. The second-order valence-corrected chi connectivity index (χ2v) is 5.73. The van der Waals surface area contributed by atoms with Crippen molar-refractivity contribution >= 4 is 13.9 Å². The molecule has 0 fully saturated rings. The van der Waals surface area contributed by atoms with Crippen molar-refractivity contribution in [2.75, 3.05) is 33.8 Å². The summed E-state index contributed by atoms with van der Waals surface area (Å²) in [4.78, 5) is 35.5. The number of carbonyl (C=O) groups is 1. The molecule has 0 bridgehead atoms. The van der Waals surface area contributed by atoms with E-state index in [1.165, 1.54) is 10.5 Å². The molecule has 0 unspecified atom stereocenters. The highest BCUT2D eigenvalue weighted by Crippen LogP contribution is 2.18. The number of ether oxygens (including phenoxy) is 1. The monoisotopic (exact) mass is 334 g/mol. The minimum atomic E-state index is -4.89. The quantitative estimate of drug-likeness (QED) is 0.472. The molecule has 9 heteroatoms. The lowest BCUT2D eigenvalue weighted by atomic mass is 10.2. The zero-order valence-electron chi connectivity index (χ0n) is 12.7. The van der Waals surface area contributed by atoms with Gasteiger partial charge < -0.3 is 29.6 Å². The summed E-state index contributed by atoms with van der Waals surface area (Å²) >= 11 is 0. The lowest BCUT2D eigenvalue weighted by Crippen LogP contribution is -3.06. The van der Waals surface area contributed by atoms with Gasteiger partial charge in [0.25, 0.3) is 7.82 Å². The molecule has 0 spiro atoms. The number of likely N-dealkylation sites (N-methyl/N-ethyl adjacent to an activating group) is 1. The molecule has 0 saturated carbocycles. The van der Waals surface area contributed by atoms with Gasteiger partial charge in [-0.05, 0) is 5.56 Å². The lowest BCUT2D eigenvalue weighted by molar-refractivity contribution is -0.856. The molecule has 1 amide bonds. The summed E-state index contributed by atoms with van der Waals surface area (Å²) in [5.74, 6) is 0. The van der Waals surface area contributed by atoms with E-state index in [1.54, 1.807) is 0 Å². The van der Waals surface area contributed by atoms with Gasteiger partial charge in [0.15, 0.2) is 0 Å². The van der Waals surface area contributed by atoms with Gasteiger partial charge in [0.05, 0.1) is 33.8 Å². The van der Waals surface area contributed by atoms with E-state index in [0.717, 1.165) is 13.0 Å². The molecule has 126 valence electrons. The standard InChI is InChI=1S/C13H20N2O2.H3O4P/c1-15(2)10-9-14-13(16)17-11-8-12-6-4-3-5-7-12;1-5(2,3)4/h3-7H,8-11H2,1-2H3,(H,14,16);(H3,1,2,3,4). The third-order valence-electron chi connectivity index (χ3n) is 2.36. The van der Waals surface area contributed by atoms with E-state index in [0.29, 0.717) is 13.2 Å². The zero-order chi connectivity index (χ0) is 17.0. The molecule has 1 aromatic rings. The molecule has 1 aromatic carbocycles. The van der Waals surface area contributed by atoms with Crippen LogP contribution in [0.15, 0.2) is 30.3 Å². The Balaban J connectivity index is 0.000000763. The number of alkyl carbamates (subject to hydrolysis) is 1. The summed E-state index contributed by atoms with van der Waals surface area (Å²) in [5, 5.41) is 2.72. The van der Waals surface area contributed by atoms with Crippen LogP contribution in [0.5, 0.6) is 0 Å². The molecule has 4 N–H and O–H groups in total. The Bertz CT molecular complexity index is 455. The van der Waals surface area contributed by atoms with Crippen LogP contribution in [0.3, 0.4) is 0 Å². The third-order valence-corrected chi connectivity index (χ3v) is 2.36. The fraction of sp³-hybridized carbons (Fsp3) is 0.462. The molecule has 0 saturated heterocycles. The summed E-state index contributed by atoms with van der Waals surface area (Å²) in [5.41, 5.74) is 1.18. The van der Waals surface area contributed by atoms with Crippen LogP contribution in [0, 0.1) is 0 Å². The van der Waals surface area contributed by atoms with Gasteiger partial charge in [0, 0.05) is 6.42 Å². The van der Waals surface area contributed by atoms with Crippen LogP contribution < -0.4 is 15.1 Å². The number of benzene rings is 1. The number of nitrogens with one attached hydrogen (secondary N) is 2. The van der Waals surface area contributed by atoms with Gasteiger partial charge >= 0.3 is 6.09 Å². The van der Waals surface area contributed by atoms with Gasteiger partial charge in [0.1, 0.15) is 0 Å². The predicted molar refractivity (Wildman–Crippen MR) is 79.2 cm³/mol. The Hall–Kier alpha value is -1.44. The van der Waals surface area contributed by atoms with Crippen LogP contribution in [0.2, 0.25) is 0 Å². The van der Waals surface area contributed by atoms with Crippen molar-refractivity contribution in [1.29, 1.82) is 0 Å². The molecule has 8 nitrogen and oxygen atoms in total. The van der Waals surface area contributed by atoms with Crippen LogP contribution in [-0.4, -0.2) is 49.7 Å². The molecular formula is C13H23N2O6P. The maximum Gasteiger partial charge on any atom is 0.407 e. The van der Waals surface area contributed by atoms with E-state index in [9.17, 15) is 4.79 Å². The van der Waals surface area contributed by atoms with E-state index >= 15 is 0 Å². The first-order valence-corrected chi connectivity index (χ1v) is 8.21. The second-order valence-electron chi connectivity index (χ2n) is 4.75.